The quantitative estimate of drug-likeness (QED) is 0.277. The van der Waals surface area contributed by atoms with Crippen LogP contribution in [0.3, 0.4) is 0 Å². The molecule has 0 saturated heterocycles. The Morgan fingerprint density at radius 1 is 1.13 bits per heavy atom. The summed E-state index contributed by atoms with van der Waals surface area (Å²) in [5.41, 5.74) is 3.44. The van der Waals surface area contributed by atoms with Crippen LogP contribution in [-0.2, 0) is 23.4 Å². The van der Waals surface area contributed by atoms with Gasteiger partial charge in [-0.05, 0) is 35.7 Å². The van der Waals surface area contributed by atoms with Gasteiger partial charge in [0.15, 0.2) is 5.16 Å². The smallest absolute Gasteiger partial charge is 0.251 e. The second-order valence-electron chi connectivity index (χ2n) is 7.10. The van der Waals surface area contributed by atoms with Gasteiger partial charge in [0, 0.05) is 40.5 Å². The zero-order valence-electron chi connectivity index (χ0n) is 16.7. The Morgan fingerprint density at radius 3 is 2.87 bits per heavy atom. The van der Waals surface area contributed by atoms with Crippen LogP contribution in [0.2, 0.25) is 5.02 Å². The fourth-order valence-electron chi connectivity index (χ4n) is 3.32. The van der Waals surface area contributed by atoms with Crippen LogP contribution in [0.5, 0.6) is 0 Å². The van der Waals surface area contributed by atoms with Crippen molar-refractivity contribution >= 4 is 40.2 Å². The summed E-state index contributed by atoms with van der Waals surface area (Å²) in [4.78, 5) is 34.7. The molecule has 0 radical (unpaired) electrons. The van der Waals surface area contributed by atoms with E-state index in [1.54, 1.807) is 0 Å². The predicted molar refractivity (Wildman–Crippen MR) is 125 cm³/mol. The van der Waals surface area contributed by atoms with Crippen molar-refractivity contribution in [1.82, 2.24) is 20.3 Å². The Hall–Kier alpha value is -3.03. The zero-order valence-corrected chi connectivity index (χ0v) is 18.2. The third-order valence-corrected chi connectivity index (χ3v) is 5.95. The Labute approximate surface area is 188 Å². The minimum atomic E-state index is -0.273. The average Bonchev–Trinajstić information content (AvgIpc) is 3.15. The van der Waals surface area contributed by atoms with E-state index in [0.29, 0.717) is 28.2 Å². The zero-order chi connectivity index (χ0) is 21.6. The van der Waals surface area contributed by atoms with Crippen molar-refractivity contribution in [2.24, 2.45) is 0 Å². The van der Waals surface area contributed by atoms with Crippen molar-refractivity contribution in [3.63, 3.8) is 0 Å². The molecule has 2 aromatic heterocycles. The fourth-order valence-corrected chi connectivity index (χ4v) is 4.37. The molecule has 0 spiro atoms. The number of fused-ring (bicyclic) bond motifs is 1. The number of benzene rings is 2. The first kappa shape index (κ1) is 21.2. The van der Waals surface area contributed by atoms with Crippen LogP contribution in [0.4, 0.5) is 0 Å². The lowest BCUT2D eigenvalue weighted by Gasteiger charge is -2.06. The summed E-state index contributed by atoms with van der Waals surface area (Å²) in [5, 5.41) is 5.22. The molecule has 0 aliphatic carbocycles. The predicted octanol–water partition coefficient (Wildman–Crippen LogP) is 4.10. The fraction of sp³-hybridized carbons (Fsp3) is 0.174. The summed E-state index contributed by atoms with van der Waals surface area (Å²) < 4.78 is 0. The Morgan fingerprint density at radius 2 is 2.00 bits per heavy atom. The van der Waals surface area contributed by atoms with Gasteiger partial charge in [0.25, 0.3) is 5.56 Å². The third-order valence-electron chi connectivity index (χ3n) is 4.77. The summed E-state index contributed by atoms with van der Waals surface area (Å²) in [5.74, 6) is 0.452. The second kappa shape index (κ2) is 9.85. The number of hydrogen-bond donors (Lipinski definition) is 3. The van der Waals surface area contributed by atoms with Crippen LogP contribution < -0.4 is 10.9 Å². The van der Waals surface area contributed by atoms with Crippen molar-refractivity contribution in [3.05, 3.63) is 93.0 Å². The minimum Gasteiger partial charge on any atom is -0.361 e. The lowest BCUT2D eigenvalue weighted by Crippen LogP contribution is -2.28. The van der Waals surface area contributed by atoms with Gasteiger partial charge in [0.2, 0.25) is 5.91 Å². The summed E-state index contributed by atoms with van der Waals surface area (Å²) in [6.45, 7) is 0.514. The Kier molecular flexibility index (Phi) is 6.74. The van der Waals surface area contributed by atoms with Gasteiger partial charge in [0.1, 0.15) is 0 Å². The summed E-state index contributed by atoms with van der Waals surface area (Å²) in [6, 6.07) is 17.0. The Bertz CT molecular complexity index is 1270. The van der Waals surface area contributed by atoms with E-state index in [-0.39, 0.29) is 17.9 Å². The van der Waals surface area contributed by atoms with Gasteiger partial charge in [0.05, 0.1) is 12.1 Å². The summed E-state index contributed by atoms with van der Waals surface area (Å²) in [6.07, 6.45) is 2.75. The largest absolute Gasteiger partial charge is 0.361 e. The normalized spacial score (nSPS) is 11.0. The molecule has 0 aliphatic heterocycles. The van der Waals surface area contributed by atoms with Gasteiger partial charge in [-0.15, -0.1) is 0 Å². The molecule has 31 heavy (non-hydrogen) atoms. The molecule has 4 rings (SSSR count). The maximum atomic E-state index is 12.4. The number of halogens is 1. The van der Waals surface area contributed by atoms with Gasteiger partial charge >= 0.3 is 0 Å². The first-order valence-electron chi connectivity index (χ1n) is 9.86. The lowest BCUT2D eigenvalue weighted by atomic mass is 10.1. The molecule has 6 nitrogen and oxygen atoms in total. The highest BCUT2D eigenvalue weighted by Gasteiger charge is 2.09. The highest BCUT2D eigenvalue weighted by Crippen LogP contribution is 2.21. The molecule has 0 aliphatic rings. The van der Waals surface area contributed by atoms with E-state index < -0.39 is 0 Å². The van der Waals surface area contributed by atoms with Crippen molar-refractivity contribution < 1.29 is 4.79 Å². The van der Waals surface area contributed by atoms with E-state index in [2.05, 4.69) is 26.3 Å². The highest BCUT2D eigenvalue weighted by molar-refractivity contribution is 7.98. The van der Waals surface area contributed by atoms with E-state index in [0.717, 1.165) is 28.5 Å². The molecule has 0 unspecified atom stereocenters. The molecule has 2 aromatic carbocycles. The van der Waals surface area contributed by atoms with Crippen molar-refractivity contribution in [1.29, 1.82) is 0 Å². The third kappa shape index (κ3) is 5.77. The van der Waals surface area contributed by atoms with Crippen molar-refractivity contribution in [3.8, 4) is 0 Å². The van der Waals surface area contributed by atoms with Crippen LogP contribution in [-0.4, -0.2) is 27.4 Å². The highest BCUT2D eigenvalue weighted by atomic mass is 35.5. The molecule has 0 atom stereocenters. The molecule has 1 amide bonds. The number of aromatic nitrogens is 3. The molecule has 0 bridgehead atoms. The maximum absolute atomic E-state index is 12.4. The minimum absolute atomic E-state index is 0.0581. The standard InChI is InChI=1S/C23H21ClN4O2S/c24-17-5-3-4-15(10-17)14-31-23-27-18(12-22(30)28-23)11-21(29)25-9-8-16-13-26-20-7-2-1-6-19(16)20/h1-7,10,12-13,26H,8-9,11,14H2,(H,25,29)(H,27,28,30). The molecule has 8 heteroatoms. The van der Waals surface area contributed by atoms with E-state index in [1.807, 2.05) is 48.7 Å². The number of nitrogens with one attached hydrogen (secondary N) is 3. The number of para-hydroxylation sites is 1. The molecule has 2 heterocycles. The van der Waals surface area contributed by atoms with Crippen LogP contribution in [0, 0.1) is 0 Å². The first-order valence-corrected chi connectivity index (χ1v) is 11.2. The maximum Gasteiger partial charge on any atom is 0.251 e. The van der Waals surface area contributed by atoms with E-state index in [9.17, 15) is 9.59 Å². The SMILES string of the molecule is O=C(Cc1cc(=O)[nH]c(SCc2cccc(Cl)c2)n1)NCCc1c[nH]c2ccccc12. The van der Waals surface area contributed by atoms with Gasteiger partial charge in [-0.25, -0.2) is 4.98 Å². The van der Waals surface area contributed by atoms with Crippen LogP contribution >= 0.6 is 23.4 Å². The topological polar surface area (TPSA) is 90.6 Å². The average molecular weight is 453 g/mol. The van der Waals surface area contributed by atoms with Gasteiger partial charge in [-0.3, -0.25) is 9.59 Å². The summed E-state index contributed by atoms with van der Waals surface area (Å²) in [7, 11) is 0. The second-order valence-corrected chi connectivity index (χ2v) is 8.50. The number of carbonyl (C=O) groups is 1. The van der Waals surface area contributed by atoms with Gasteiger partial charge in [-0.2, -0.15) is 0 Å². The lowest BCUT2D eigenvalue weighted by molar-refractivity contribution is -0.120. The molecular formula is C23H21ClN4O2S. The van der Waals surface area contributed by atoms with Crippen LogP contribution in [0.1, 0.15) is 16.8 Å². The van der Waals surface area contributed by atoms with Crippen LogP contribution in [0.25, 0.3) is 10.9 Å². The monoisotopic (exact) mass is 452 g/mol. The van der Waals surface area contributed by atoms with Gasteiger partial charge in [-0.1, -0.05) is 53.7 Å². The number of H-pyrrole nitrogens is 2. The molecule has 0 saturated carbocycles. The van der Waals surface area contributed by atoms with E-state index in [4.69, 9.17) is 11.6 Å². The first-order chi connectivity index (χ1) is 15.1. The van der Waals surface area contributed by atoms with E-state index >= 15 is 0 Å². The molecule has 4 aromatic rings. The molecule has 3 N–H and O–H groups in total. The molecular weight excluding hydrogens is 432 g/mol. The molecule has 0 fully saturated rings. The number of nitrogens with zero attached hydrogens (tertiary/aromatic N) is 1. The number of carbonyl (C=O) groups excluding carboxylic acids is 1. The molecule has 158 valence electrons. The number of rotatable bonds is 8. The van der Waals surface area contributed by atoms with Crippen LogP contribution in [0.15, 0.2) is 70.7 Å². The van der Waals surface area contributed by atoms with Crippen molar-refractivity contribution in [2.75, 3.05) is 6.54 Å². The number of amides is 1. The Balaban J connectivity index is 1.32. The number of thioether (sulfide) groups is 1. The van der Waals surface area contributed by atoms with E-state index in [1.165, 1.54) is 17.8 Å². The van der Waals surface area contributed by atoms with Gasteiger partial charge < -0.3 is 15.3 Å². The number of hydrogen-bond acceptors (Lipinski definition) is 4. The van der Waals surface area contributed by atoms with Crippen molar-refractivity contribution in [2.45, 2.75) is 23.8 Å². The summed E-state index contributed by atoms with van der Waals surface area (Å²) >= 11 is 7.40. The number of aromatic amines is 2.